The Bertz CT molecular complexity index is 464. The summed E-state index contributed by atoms with van der Waals surface area (Å²) < 4.78 is 19.1. The van der Waals surface area contributed by atoms with Crippen LogP contribution in [-0.2, 0) is 4.74 Å². The van der Waals surface area contributed by atoms with E-state index in [1.165, 1.54) is 12.1 Å². The van der Waals surface area contributed by atoms with Gasteiger partial charge in [-0.25, -0.2) is 9.18 Å². The monoisotopic (exact) mass is 253 g/mol. The molecule has 0 aliphatic carbocycles. The van der Waals surface area contributed by atoms with Gasteiger partial charge in [0.05, 0.1) is 18.4 Å². The molecule has 0 aromatic heterocycles. The Balaban J connectivity index is 2.43. The summed E-state index contributed by atoms with van der Waals surface area (Å²) in [6.07, 6.45) is 0.00566. The number of benzene rings is 1. The van der Waals surface area contributed by atoms with Crippen LogP contribution in [-0.4, -0.2) is 36.4 Å². The van der Waals surface area contributed by atoms with Gasteiger partial charge in [-0.1, -0.05) is 6.07 Å². The number of morpholine rings is 1. The van der Waals surface area contributed by atoms with Crippen molar-refractivity contribution in [2.45, 2.75) is 26.0 Å². The summed E-state index contributed by atoms with van der Waals surface area (Å²) in [4.78, 5) is 13.1. The maximum atomic E-state index is 13.6. The largest absolute Gasteiger partial charge is 0.478 e. The van der Waals surface area contributed by atoms with E-state index in [0.29, 0.717) is 18.8 Å². The summed E-state index contributed by atoms with van der Waals surface area (Å²) in [7, 11) is 0. The number of carbonyl (C=O) groups is 1. The second-order valence-electron chi connectivity index (χ2n) is 4.58. The Labute approximate surface area is 105 Å². The van der Waals surface area contributed by atoms with Crippen LogP contribution in [0, 0.1) is 5.82 Å². The normalized spacial score (nSPS) is 24.1. The highest BCUT2D eigenvalue weighted by Gasteiger charge is 2.28. The van der Waals surface area contributed by atoms with Gasteiger partial charge in [0.25, 0.3) is 0 Å². The molecule has 1 fully saturated rings. The predicted octanol–water partition coefficient (Wildman–Crippen LogP) is 2.14. The van der Waals surface area contributed by atoms with Crippen molar-refractivity contribution in [2.75, 3.05) is 18.1 Å². The summed E-state index contributed by atoms with van der Waals surface area (Å²) >= 11 is 0. The van der Waals surface area contributed by atoms with Gasteiger partial charge in [0.1, 0.15) is 11.4 Å². The van der Waals surface area contributed by atoms with E-state index in [4.69, 9.17) is 9.84 Å². The Morgan fingerprint density at radius 2 is 2.22 bits per heavy atom. The van der Waals surface area contributed by atoms with Crippen LogP contribution in [0.2, 0.25) is 0 Å². The third-order valence-electron chi connectivity index (χ3n) is 3.12. The molecule has 1 N–H and O–H groups in total. The number of hydrogen-bond acceptors (Lipinski definition) is 3. The molecule has 2 rings (SSSR count). The maximum absolute atomic E-state index is 13.6. The Kier molecular flexibility index (Phi) is 3.52. The van der Waals surface area contributed by atoms with Crippen LogP contribution < -0.4 is 4.90 Å². The van der Waals surface area contributed by atoms with Crippen LogP contribution in [0.3, 0.4) is 0 Å². The van der Waals surface area contributed by atoms with Gasteiger partial charge in [0.2, 0.25) is 0 Å². The van der Waals surface area contributed by atoms with Gasteiger partial charge >= 0.3 is 5.97 Å². The molecule has 2 atom stereocenters. The zero-order valence-electron chi connectivity index (χ0n) is 10.4. The lowest BCUT2D eigenvalue weighted by Crippen LogP contribution is -2.48. The van der Waals surface area contributed by atoms with Gasteiger partial charge in [-0.3, -0.25) is 0 Å². The minimum Gasteiger partial charge on any atom is -0.478 e. The van der Waals surface area contributed by atoms with E-state index >= 15 is 0 Å². The molecule has 1 saturated heterocycles. The van der Waals surface area contributed by atoms with Gasteiger partial charge in [0.15, 0.2) is 0 Å². The van der Waals surface area contributed by atoms with E-state index in [-0.39, 0.29) is 17.7 Å². The first-order valence-corrected chi connectivity index (χ1v) is 5.90. The number of hydrogen-bond donors (Lipinski definition) is 1. The number of ether oxygens (including phenoxy) is 1. The topological polar surface area (TPSA) is 49.8 Å². The highest BCUT2D eigenvalue weighted by Crippen LogP contribution is 2.27. The summed E-state index contributed by atoms with van der Waals surface area (Å²) in [5.74, 6) is -1.94. The number of halogens is 1. The van der Waals surface area contributed by atoms with Crippen LogP contribution in [0.5, 0.6) is 0 Å². The lowest BCUT2D eigenvalue weighted by Gasteiger charge is -2.39. The van der Waals surface area contributed by atoms with Crippen molar-refractivity contribution in [1.29, 1.82) is 0 Å². The average Bonchev–Trinajstić information content (AvgIpc) is 2.31. The van der Waals surface area contributed by atoms with Gasteiger partial charge in [-0.05, 0) is 26.0 Å². The SMILES string of the molecule is CC1CN(c2cccc(F)c2C(=O)O)C(C)CO1. The van der Waals surface area contributed by atoms with Gasteiger partial charge in [-0.2, -0.15) is 0 Å². The van der Waals surface area contributed by atoms with E-state index in [1.807, 2.05) is 18.7 Å². The minimum absolute atomic E-state index is 0.00566. The van der Waals surface area contributed by atoms with E-state index in [0.717, 1.165) is 0 Å². The van der Waals surface area contributed by atoms with Crippen molar-refractivity contribution in [3.8, 4) is 0 Å². The Morgan fingerprint density at radius 3 is 2.89 bits per heavy atom. The maximum Gasteiger partial charge on any atom is 0.340 e. The Hall–Kier alpha value is -1.62. The number of nitrogens with zero attached hydrogens (tertiary/aromatic N) is 1. The zero-order chi connectivity index (χ0) is 13.3. The Morgan fingerprint density at radius 1 is 1.50 bits per heavy atom. The van der Waals surface area contributed by atoms with Crippen LogP contribution in [0.25, 0.3) is 0 Å². The van der Waals surface area contributed by atoms with Crippen LogP contribution in [0.15, 0.2) is 18.2 Å². The number of carboxylic acids is 1. The quantitative estimate of drug-likeness (QED) is 0.877. The molecule has 0 spiro atoms. The number of carboxylic acid groups (broad SMARTS) is 1. The first-order valence-electron chi connectivity index (χ1n) is 5.90. The van der Waals surface area contributed by atoms with Crippen molar-refractivity contribution >= 4 is 11.7 Å². The molecule has 0 amide bonds. The highest BCUT2D eigenvalue weighted by atomic mass is 19.1. The molecule has 0 saturated carbocycles. The molecule has 0 radical (unpaired) electrons. The number of aromatic carboxylic acids is 1. The molecular formula is C13H16FNO3. The second-order valence-corrected chi connectivity index (χ2v) is 4.58. The van der Waals surface area contributed by atoms with Gasteiger partial charge in [0, 0.05) is 12.6 Å². The van der Waals surface area contributed by atoms with E-state index < -0.39 is 11.8 Å². The summed E-state index contributed by atoms with van der Waals surface area (Å²) in [5.41, 5.74) is 0.156. The molecule has 1 aliphatic rings. The van der Waals surface area contributed by atoms with Crippen LogP contribution in [0.4, 0.5) is 10.1 Å². The zero-order valence-corrected chi connectivity index (χ0v) is 10.4. The fourth-order valence-electron chi connectivity index (χ4n) is 2.20. The summed E-state index contributed by atoms with van der Waals surface area (Å²) in [6, 6.07) is 4.37. The summed E-state index contributed by atoms with van der Waals surface area (Å²) in [5, 5.41) is 9.13. The first-order chi connectivity index (χ1) is 8.50. The van der Waals surface area contributed by atoms with E-state index in [9.17, 15) is 9.18 Å². The number of rotatable bonds is 2. The molecular weight excluding hydrogens is 237 g/mol. The molecule has 1 heterocycles. The standard InChI is InChI=1S/C13H16FNO3/c1-8-7-18-9(2)6-15(8)11-5-3-4-10(14)12(11)13(16)17/h3-5,8-9H,6-7H2,1-2H3,(H,16,17). The smallest absolute Gasteiger partial charge is 0.340 e. The molecule has 1 aliphatic heterocycles. The highest BCUT2D eigenvalue weighted by molar-refractivity contribution is 5.94. The third-order valence-corrected chi connectivity index (χ3v) is 3.12. The van der Waals surface area contributed by atoms with E-state index in [1.54, 1.807) is 6.07 Å². The van der Waals surface area contributed by atoms with Crippen molar-refractivity contribution in [1.82, 2.24) is 0 Å². The lowest BCUT2D eigenvalue weighted by molar-refractivity contribution is 0.0341. The fraction of sp³-hybridized carbons (Fsp3) is 0.462. The van der Waals surface area contributed by atoms with Crippen LogP contribution in [0.1, 0.15) is 24.2 Å². The number of anilines is 1. The van der Waals surface area contributed by atoms with Crippen molar-refractivity contribution in [3.05, 3.63) is 29.6 Å². The average molecular weight is 253 g/mol. The predicted molar refractivity (Wildman–Crippen MR) is 65.6 cm³/mol. The molecule has 18 heavy (non-hydrogen) atoms. The second kappa shape index (κ2) is 4.94. The molecule has 5 heteroatoms. The molecule has 98 valence electrons. The van der Waals surface area contributed by atoms with Gasteiger partial charge in [-0.15, -0.1) is 0 Å². The van der Waals surface area contributed by atoms with Crippen molar-refractivity contribution < 1.29 is 19.0 Å². The van der Waals surface area contributed by atoms with Gasteiger partial charge < -0.3 is 14.7 Å². The van der Waals surface area contributed by atoms with Crippen LogP contribution >= 0.6 is 0 Å². The molecule has 2 unspecified atom stereocenters. The molecule has 1 aromatic carbocycles. The molecule has 4 nitrogen and oxygen atoms in total. The van der Waals surface area contributed by atoms with Crippen molar-refractivity contribution in [2.24, 2.45) is 0 Å². The fourth-order valence-corrected chi connectivity index (χ4v) is 2.20. The first kappa shape index (κ1) is 12.8. The molecule has 0 bridgehead atoms. The van der Waals surface area contributed by atoms with E-state index in [2.05, 4.69) is 0 Å². The molecule has 1 aromatic rings. The lowest BCUT2D eigenvalue weighted by atomic mass is 10.1. The minimum atomic E-state index is -1.24. The third kappa shape index (κ3) is 2.31. The summed E-state index contributed by atoms with van der Waals surface area (Å²) in [6.45, 7) is 4.92. The van der Waals surface area contributed by atoms with Crippen molar-refractivity contribution in [3.63, 3.8) is 0 Å².